The Balaban J connectivity index is 1.59. The molecule has 4 rings (SSSR count). The molecule has 0 aliphatic carbocycles. The van der Waals surface area contributed by atoms with Gasteiger partial charge in [-0.15, -0.1) is 4.80 Å². The first-order valence-corrected chi connectivity index (χ1v) is 9.00. The maximum Gasteiger partial charge on any atom is 0.259 e. The van der Waals surface area contributed by atoms with Gasteiger partial charge in [-0.05, 0) is 19.1 Å². The lowest BCUT2D eigenvalue weighted by Gasteiger charge is -2.09. The summed E-state index contributed by atoms with van der Waals surface area (Å²) in [5.74, 6) is 0.149. The Labute approximate surface area is 174 Å². The van der Waals surface area contributed by atoms with Crippen LogP contribution in [0.4, 0.5) is 11.5 Å². The van der Waals surface area contributed by atoms with Crippen molar-refractivity contribution in [1.82, 2.24) is 34.7 Å². The number of carbonyl (C=O) groups is 1. The molecule has 0 fully saturated rings. The molecule has 0 aromatic carbocycles. The van der Waals surface area contributed by atoms with Crippen LogP contribution in [0.1, 0.15) is 16.1 Å². The Morgan fingerprint density at radius 3 is 2.59 bits per heavy atom. The molecule has 0 radical (unpaired) electrons. The van der Waals surface area contributed by atoms with Gasteiger partial charge in [0, 0.05) is 6.20 Å². The van der Waals surface area contributed by atoms with E-state index in [0.717, 1.165) is 0 Å². The number of pyridine rings is 2. The number of nitrogen functional groups attached to an aromatic ring is 1. The van der Waals surface area contributed by atoms with Crippen LogP contribution in [0, 0.1) is 6.92 Å². The molecule has 0 bridgehead atoms. The van der Waals surface area contributed by atoms with Gasteiger partial charge in [0.15, 0.2) is 5.82 Å². The highest BCUT2D eigenvalue weighted by Crippen LogP contribution is 2.26. The van der Waals surface area contributed by atoms with Gasteiger partial charge in [-0.3, -0.25) is 4.79 Å². The molecule has 0 atom stereocenters. The van der Waals surface area contributed by atoms with Crippen LogP contribution in [0.25, 0.3) is 11.5 Å². The Bertz CT molecular complexity index is 1200. The number of anilines is 2. The average molecular weight is 430 g/mol. The molecule has 0 unspecified atom stereocenters. The molecule has 12 heteroatoms. The topological polar surface area (TPSA) is 129 Å². The van der Waals surface area contributed by atoms with Crippen molar-refractivity contribution in [3.8, 4) is 11.5 Å². The Morgan fingerprint density at radius 1 is 1.10 bits per heavy atom. The maximum atomic E-state index is 12.7. The molecule has 0 spiro atoms. The average Bonchev–Trinajstić information content (AvgIpc) is 3.34. The van der Waals surface area contributed by atoms with E-state index < -0.39 is 0 Å². The van der Waals surface area contributed by atoms with Crippen LogP contribution in [0.5, 0.6) is 0 Å². The van der Waals surface area contributed by atoms with E-state index >= 15 is 0 Å². The molecular weight excluding hydrogens is 417 g/mol. The minimum absolute atomic E-state index is 0.178. The molecule has 4 aromatic rings. The second-order valence-electron chi connectivity index (χ2n) is 5.89. The van der Waals surface area contributed by atoms with Crippen LogP contribution in [-0.4, -0.2) is 40.6 Å². The molecule has 4 aromatic heterocycles. The van der Waals surface area contributed by atoms with Crippen LogP contribution in [0.15, 0.2) is 43.1 Å². The van der Waals surface area contributed by atoms with Crippen molar-refractivity contribution in [2.45, 2.75) is 6.92 Å². The van der Waals surface area contributed by atoms with E-state index in [1.165, 1.54) is 40.5 Å². The van der Waals surface area contributed by atoms with Gasteiger partial charge in [0.05, 0.1) is 52.4 Å². The van der Waals surface area contributed by atoms with Crippen molar-refractivity contribution in [3.05, 3.63) is 64.4 Å². The van der Waals surface area contributed by atoms with Gasteiger partial charge < -0.3 is 11.1 Å². The second kappa shape index (κ2) is 7.49. The summed E-state index contributed by atoms with van der Waals surface area (Å²) in [5.41, 5.74) is 7.61. The smallest absolute Gasteiger partial charge is 0.259 e. The summed E-state index contributed by atoms with van der Waals surface area (Å²) in [4.78, 5) is 22.1. The van der Waals surface area contributed by atoms with Crippen molar-refractivity contribution < 1.29 is 4.79 Å². The molecule has 10 nitrogen and oxygen atoms in total. The number of hydrogen-bond donors (Lipinski definition) is 2. The minimum Gasteiger partial charge on any atom is -0.382 e. The van der Waals surface area contributed by atoms with E-state index in [2.05, 4.69) is 30.6 Å². The van der Waals surface area contributed by atoms with Gasteiger partial charge in [0.2, 0.25) is 0 Å². The fraction of sp³-hybridized carbons (Fsp3) is 0.0588. The third-order valence-electron chi connectivity index (χ3n) is 4.07. The first-order valence-electron chi connectivity index (χ1n) is 8.24. The lowest BCUT2D eigenvalue weighted by atomic mass is 10.2. The highest BCUT2D eigenvalue weighted by atomic mass is 35.5. The van der Waals surface area contributed by atoms with Crippen LogP contribution in [0.2, 0.25) is 10.0 Å². The molecular formula is C17H13Cl2N9O. The second-order valence-corrected chi connectivity index (χ2v) is 6.67. The molecule has 0 saturated carbocycles. The Hall–Kier alpha value is -3.50. The number of carbonyl (C=O) groups excluding carboxylic acids is 1. The van der Waals surface area contributed by atoms with Gasteiger partial charge in [-0.25, -0.2) is 14.6 Å². The fourth-order valence-electron chi connectivity index (χ4n) is 2.66. The number of halogens is 2. The molecule has 4 heterocycles. The first-order chi connectivity index (χ1) is 14.0. The van der Waals surface area contributed by atoms with Crippen LogP contribution < -0.4 is 11.1 Å². The summed E-state index contributed by atoms with van der Waals surface area (Å²) >= 11 is 12.4. The highest BCUT2D eigenvalue weighted by molar-refractivity contribution is 6.34. The zero-order valence-corrected chi connectivity index (χ0v) is 16.4. The molecule has 0 aliphatic heterocycles. The van der Waals surface area contributed by atoms with Crippen LogP contribution in [-0.2, 0) is 0 Å². The fourth-order valence-corrected chi connectivity index (χ4v) is 3.09. The van der Waals surface area contributed by atoms with Crippen molar-refractivity contribution in [2.75, 3.05) is 11.1 Å². The lowest BCUT2D eigenvalue weighted by molar-refractivity contribution is 0.102. The molecule has 3 N–H and O–H groups in total. The van der Waals surface area contributed by atoms with Gasteiger partial charge in [0.25, 0.3) is 5.91 Å². The van der Waals surface area contributed by atoms with Crippen molar-refractivity contribution in [3.63, 3.8) is 0 Å². The highest BCUT2D eigenvalue weighted by Gasteiger charge is 2.18. The molecule has 0 saturated heterocycles. The quantitative estimate of drug-likeness (QED) is 0.509. The number of hydrogen-bond acceptors (Lipinski definition) is 7. The zero-order valence-electron chi connectivity index (χ0n) is 14.9. The van der Waals surface area contributed by atoms with E-state index in [1.807, 2.05) is 0 Å². The summed E-state index contributed by atoms with van der Waals surface area (Å²) in [6, 6.07) is 3.22. The lowest BCUT2D eigenvalue weighted by Crippen LogP contribution is -2.14. The minimum atomic E-state index is -0.380. The molecule has 146 valence electrons. The number of nitrogens with two attached hydrogens (primary N) is 1. The summed E-state index contributed by atoms with van der Waals surface area (Å²) in [6.07, 6.45) is 7.44. The monoisotopic (exact) mass is 429 g/mol. The predicted octanol–water partition coefficient (Wildman–Crippen LogP) is 2.69. The summed E-state index contributed by atoms with van der Waals surface area (Å²) in [5, 5.41) is 15.5. The van der Waals surface area contributed by atoms with Crippen molar-refractivity contribution in [2.24, 2.45) is 0 Å². The Morgan fingerprint density at radius 2 is 1.86 bits per heavy atom. The van der Waals surface area contributed by atoms with Gasteiger partial charge >= 0.3 is 0 Å². The van der Waals surface area contributed by atoms with E-state index in [1.54, 1.807) is 19.1 Å². The van der Waals surface area contributed by atoms with E-state index in [9.17, 15) is 4.79 Å². The molecule has 29 heavy (non-hydrogen) atoms. The standard InChI is InChI=1S/C17H13Cl2N9O/c1-9-11(8-25-27(9)13-2-3-21-15(20)14(13)19)17(29)26-10-6-12(18)16(22-7-10)28-23-4-5-24-28/h2-8H,1H3,(H2,20,21)(H,26,29). The predicted molar refractivity (Wildman–Crippen MR) is 108 cm³/mol. The SMILES string of the molecule is Cc1c(C(=O)Nc2cnc(-n3nccn3)c(Cl)c2)cnn1-c1ccnc(N)c1Cl. The number of nitrogens with zero attached hydrogens (tertiary/aromatic N) is 7. The van der Waals surface area contributed by atoms with Crippen molar-refractivity contribution >= 4 is 40.6 Å². The van der Waals surface area contributed by atoms with E-state index in [0.29, 0.717) is 28.5 Å². The summed E-state index contributed by atoms with van der Waals surface area (Å²) in [7, 11) is 0. The normalized spacial score (nSPS) is 10.9. The van der Waals surface area contributed by atoms with E-state index in [4.69, 9.17) is 28.9 Å². The third kappa shape index (κ3) is 3.50. The van der Waals surface area contributed by atoms with Gasteiger partial charge in [-0.1, -0.05) is 23.2 Å². The Kier molecular flexibility index (Phi) is 4.87. The molecule has 1 amide bonds. The zero-order chi connectivity index (χ0) is 20.5. The van der Waals surface area contributed by atoms with Gasteiger partial charge in [0.1, 0.15) is 10.8 Å². The number of aromatic nitrogens is 7. The number of nitrogens with one attached hydrogen (secondary N) is 1. The molecule has 0 aliphatic rings. The summed E-state index contributed by atoms with van der Waals surface area (Å²) in [6.45, 7) is 1.74. The van der Waals surface area contributed by atoms with Crippen LogP contribution in [0.3, 0.4) is 0 Å². The van der Waals surface area contributed by atoms with Crippen molar-refractivity contribution in [1.29, 1.82) is 0 Å². The maximum absolute atomic E-state index is 12.7. The number of amides is 1. The largest absolute Gasteiger partial charge is 0.382 e. The third-order valence-corrected chi connectivity index (χ3v) is 4.73. The summed E-state index contributed by atoms with van der Waals surface area (Å²) < 4.78 is 1.52. The first kappa shape index (κ1) is 18.8. The van der Waals surface area contributed by atoms with E-state index in [-0.39, 0.29) is 21.8 Å². The van der Waals surface area contributed by atoms with Crippen LogP contribution >= 0.6 is 23.2 Å². The van der Waals surface area contributed by atoms with Gasteiger partial charge in [-0.2, -0.15) is 15.3 Å². The number of rotatable bonds is 4.